The third-order valence-corrected chi connectivity index (χ3v) is 7.52. The maximum Gasteiger partial charge on any atom is 0.416 e. The number of nitrogens with one attached hydrogen (secondary N) is 1. The van der Waals surface area contributed by atoms with Crippen LogP contribution >= 0.6 is 0 Å². The first kappa shape index (κ1) is 27.4. The number of imidazole rings is 1. The molecule has 1 N–H and O–H groups in total. The number of likely N-dealkylation sites (tertiary alicyclic amines) is 1. The molecule has 5 aromatic rings. The first-order chi connectivity index (χ1) is 20.3. The number of carbonyl (C=O) groups is 1. The smallest absolute Gasteiger partial charge is 0.348 e. The molecule has 1 atom stereocenters. The quantitative estimate of drug-likeness (QED) is 0.232. The zero-order valence-electron chi connectivity index (χ0n) is 23.0. The molecule has 6 rings (SSSR count). The molecule has 1 aliphatic heterocycles. The molecule has 1 amide bonds. The number of pyridine rings is 1. The van der Waals surface area contributed by atoms with Crippen LogP contribution in [0.1, 0.15) is 53.7 Å². The van der Waals surface area contributed by atoms with E-state index < -0.39 is 11.7 Å². The maximum atomic E-state index is 13.6. The number of anilines is 1. The summed E-state index contributed by atoms with van der Waals surface area (Å²) in [7, 11) is 0. The fraction of sp³-hybridized carbons (Fsp3) is 0.250. The van der Waals surface area contributed by atoms with Gasteiger partial charge in [0.15, 0.2) is 0 Å². The molecule has 0 radical (unpaired) electrons. The summed E-state index contributed by atoms with van der Waals surface area (Å²) < 4.78 is 42.7. The van der Waals surface area contributed by atoms with Crippen LogP contribution in [0.3, 0.4) is 0 Å². The van der Waals surface area contributed by atoms with Crippen LogP contribution in [0.25, 0.3) is 28.3 Å². The van der Waals surface area contributed by atoms with Crippen molar-refractivity contribution in [2.75, 3.05) is 18.4 Å². The van der Waals surface area contributed by atoms with Crippen molar-refractivity contribution < 1.29 is 18.0 Å². The van der Waals surface area contributed by atoms with E-state index in [1.807, 2.05) is 42.2 Å². The van der Waals surface area contributed by atoms with Gasteiger partial charge in [0.25, 0.3) is 5.91 Å². The molecule has 0 bridgehead atoms. The highest BCUT2D eigenvalue weighted by Crippen LogP contribution is 2.36. The van der Waals surface area contributed by atoms with Crippen molar-refractivity contribution in [3.05, 3.63) is 102 Å². The van der Waals surface area contributed by atoms with E-state index in [2.05, 4.69) is 10.3 Å². The molecule has 2 aromatic carbocycles. The standard InChI is InChI=1S/C32H29F3N6O/c1-21(22-9-4-2-5-10-22)37-31-36-16-15-26(38-31)29-28(23-11-8-12-25(19-23)32(33,34)35)39-27-14-13-24(20-41(27)29)30(42)40-17-6-3-7-18-40/h2,4-5,8-16,19-21H,3,6-7,17-18H2,1H3,(H,36,37,38)/t21-/m1/s1. The fourth-order valence-corrected chi connectivity index (χ4v) is 5.32. The van der Waals surface area contributed by atoms with Crippen molar-refractivity contribution in [1.82, 2.24) is 24.3 Å². The summed E-state index contributed by atoms with van der Waals surface area (Å²) in [5.74, 6) is 0.271. The first-order valence-corrected chi connectivity index (χ1v) is 13.9. The van der Waals surface area contributed by atoms with Crippen molar-refractivity contribution in [2.24, 2.45) is 0 Å². The summed E-state index contributed by atoms with van der Waals surface area (Å²) in [6, 6.07) is 20.0. The van der Waals surface area contributed by atoms with Gasteiger partial charge in [-0.05, 0) is 62.1 Å². The normalized spacial score (nSPS) is 14.6. The van der Waals surface area contributed by atoms with E-state index in [1.54, 1.807) is 41.1 Å². The van der Waals surface area contributed by atoms with Crippen molar-refractivity contribution in [1.29, 1.82) is 0 Å². The molecule has 1 aliphatic rings. The molecule has 10 heteroatoms. The lowest BCUT2D eigenvalue weighted by atomic mass is 10.0. The van der Waals surface area contributed by atoms with Crippen LogP contribution in [0.2, 0.25) is 0 Å². The van der Waals surface area contributed by atoms with Crippen LogP contribution in [0, 0.1) is 0 Å². The number of benzene rings is 2. The molecule has 42 heavy (non-hydrogen) atoms. The molecule has 3 aromatic heterocycles. The van der Waals surface area contributed by atoms with Gasteiger partial charge in [-0.1, -0.05) is 42.5 Å². The van der Waals surface area contributed by atoms with Gasteiger partial charge in [0.1, 0.15) is 5.65 Å². The van der Waals surface area contributed by atoms with Crippen molar-refractivity contribution >= 4 is 17.5 Å². The van der Waals surface area contributed by atoms with Crippen LogP contribution in [0.5, 0.6) is 0 Å². The number of rotatable bonds is 6. The number of carbonyl (C=O) groups excluding carboxylic acids is 1. The summed E-state index contributed by atoms with van der Waals surface area (Å²) >= 11 is 0. The number of nitrogens with zero attached hydrogens (tertiary/aromatic N) is 5. The predicted molar refractivity (Wildman–Crippen MR) is 155 cm³/mol. The second kappa shape index (κ2) is 11.3. The Morgan fingerprint density at radius 3 is 2.48 bits per heavy atom. The molecule has 1 saturated heterocycles. The van der Waals surface area contributed by atoms with E-state index in [4.69, 9.17) is 9.97 Å². The Morgan fingerprint density at radius 1 is 0.929 bits per heavy atom. The highest BCUT2D eigenvalue weighted by Gasteiger charge is 2.31. The predicted octanol–water partition coefficient (Wildman–Crippen LogP) is 7.28. The first-order valence-electron chi connectivity index (χ1n) is 13.9. The van der Waals surface area contributed by atoms with E-state index in [9.17, 15) is 18.0 Å². The van der Waals surface area contributed by atoms with Gasteiger partial charge in [-0.3, -0.25) is 9.20 Å². The summed E-state index contributed by atoms with van der Waals surface area (Å²) in [6.45, 7) is 3.39. The minimum absolute atomic E-state index is 0.0846. The van der Waals surface area contributed by atoms with Gasteiger partial charge in [0.05, 0.1) is 34.3 Å². The van der Waals surface area contributed by atoms with Crippen molar-refractivity contribution in [2.45, 2.75) is 38.4 Å². The number of fused-ring (bicyclic) bond motifs is 1. The van der Waals surface area contributed by atoms with Gasteiger partial charge < -0.3 is 10.2 Å². The average Bonchev–Trinajstić information content (AvgIpc) is 3.40. The molecule has 0 saturated carbocycles. The number of amides is 1. The lowest BCUT2D eigenvalue weighted by molar-refractivity contribution is -0.137. The van der Waals surface area contributed by atoms with Crippen molar-refractivity contribution in [3.8, 4) is 22.6 Å². The van der Waals surface area contributed by atoms with E-state index in [0.29, 0.717) is 52.9 Å². The van der Waals surface area contributed by atoms with Gasteiger partial charge in [0.2, 0.25) is 5.95 Å². The van der Waals surface area contributed by atoms with Crippen LogP contribution in [-0.4, -0.2) is 43.2 Å². The van der Waals surface area contributed by atoms with Crippen LogP contribution in [0.15, 0.2) is 85.2 Å². The lowest BCUT2D eigenvalue weighted by Crippen LogP contribution is -2.35. The van der Waals surface area contributed by atoms with Crippen LogP contribution in [-0.2, 0) is 6.18 Å². The molecule has 4 heterocycles. The number of hydrogen-bond acceptors (Lipinski definition) is 5. The molecule has 214 valence electrons. The zero-order chi connectivity index (χ0) is 29.3. The molecule has 0 aliphatic carbocycles. The minimum Gasteiger partial charge on any atom is -0.348 e. The highest BCUT2D eigenvalue weighted by atomic mass is 19.4. The van der Waals surface area contributed by atoms with Crippen molar-refractivity contribution in [3.63, 3.8) is 0 Å². The zero-order valence-corrected chi connectivity index (χ0v) is 23.0. The second-order valence-corrected chi connectivity index (χ2v) is 10.4. The Kier molecular flexibility index (Phi) is 7.36. The molecular weight excluding hydrogens is 541 g/mol. The Morgan fingerprint density at radius 2 is 1.71 bits per heavy atom. The average molecular weight is 571 g/mol. The second-order valence-electron chi connectivity index (χ2n) is 10.4. The topological polar surface area (TPSA) is 75.4 Å². The van der Waals surface area contributed by atoms with E-state index in [0.717, 1.165) is 37.0 Å². The Balaban J connectivity index is 1.47. The largest absolute Gasteiger partial charge is 0.416 e. The van der Waals surface area contributed by atoms with Gasteiger partial charge >= 0.3 is 6.18 Å². The minimum atomic E-state index is -4.51. The summed E-state index contributed by atoms with van der Waals surface area (Å²) in [4.78, 5) is 29.1. The highest BCUT2D eigenvalue weighted by molar-refractivity contribution is 5.95. The number of hydrogen-bond donors (Lipinski definition) is 1. The summed E-state index contributed by atoms with van der Waals surface area (Å²) in [5, 5.41) is 3.31. The lowest BCUT2D eigenvalue weighted by Gasteiger charge is -2.26. The van der Waals surface area contributed by atoms with E-state index in [1.165, 1.54) is 6.07 Å². The third kappa shape index (κ3) is 5.57. The van der Waals surface area contributed by atoms with Gasteiger partial charge in [-0.2, -0.15) is 13.2 Å². The van der Waals surface area contributed by atoms with Gasteiger partial charge in [0, 0.05) is 31.0 Å². The SMILES string of the molecule is C[C@@H](Nc1nccc(-c2c(-c3cccc(C(F)(F)F)c3)nc3ccc(C(=O)N4CCCCC4)cn23)n1)c1ccccc1. The molecule has 1 fully saturated rings. The number of halogens is 3. The van der Waals surface area contributed by atoms with Gasteiger partial charge in [-0.15, -0.1) is 0 Å². The van der Waals surface area contributed by atoms with Crippen LogP contribution < -0.4 is 5.32 Å². The van der Waals surface area contributed by atoms with Gasteiger partial charge in [-0.25, -0.2) is 15.0 Å². The fourth-order valence-electron chi connectivity index (χ4n) is 5.32. The van der Waals surface area contributed by atoms with E-state index in [-0.39, 0.29) is 11.9 Å². The molecular formula is C32H29F3N6O. The number of alkyl halides is 3. The maximum absolute atomic E-state index is 13.6. The summed E-state index contributed by atoms with van der Waals surface area (Å²) in [6.07, 6.45) is 1.81. The molecule has 0 unspecified atom stereocenters. The van der Waals surface area contributed by atoms with Crippen LogP contribution in [0.4, 0.5) is 19.1 Å². The van der Waals surface area contributed by atoms with E-state index >= 15 is 0 Å². The molecule has 7 nitrogen and oxygen atoms in total. The number of piperidine rings is 1. The Bertz CT molecular complexity index is 1730. The summed E-state index contributed by atoms with van der Waals surface area (Å²) in [5.41, 5.74) is 2.77. The monoisotopic (exact) mass is 570 g/mol. The Labute approximate surface area is 241 Å². The number of aromatic nitrogens is 4. The molecule has 0 spiro atoms. The third-order valence-electron chi connectivity index (χ3n) is 7.52. The Hall–Kier alpha value is -4.73.